The summed E-state index contributed by atoms with van der Waals surface area (Å²) in [6.45, 7) is 6.65. The minimum Gasteiger partial charge on any atom is -0.339 e. The molecule has 2 N–H and O–H groups in total. The lowest BCUT2D eigenvalue weighted by Gasteiger charge is -2.20. The lowest BCUT2D eigenvalue weighted by atomic mass is 10.1. The number of amides is 2. The molecule has 1 aliphatic heterocycles. The van der Waals surface area contributed by atoms with Gasteiger partial charge in [0.25, 0.3) is 0 Å². The van der Waals surface area contributed by atoms with Crippen LogP contribution in [0, 0.1) is 5.92 Å². The van der Waals surface area contributed by atoms with Gasteiger partial charge in [-0.05, 0) is 44.5 Å². The van der Waals surface area contributed by atoms with Gasteiger partial charge in [0.15, 0.2) is 0 Å². The van der Waals surface area contributed by atoms with Crippen molar-refractivity contribution in [3.63, 3.8) is 0 Å². The summed E-state index contributed by atoms with van der Waals surface area (Å²) in [4.78, 5) is 26.1. The van der Waals surface area contributed by atoms with Gasteiger partial charge < -0.3 is 10.2 Å². The number of rotatable bonds is 8. The van der Waals surface area contributed by atoms with Crippen LogP contribution in [0.15, 0.2) is 29.2 Å². The molecule has 1 fully saturated rings. The summed E-state index contributed by atoms with van der Waals surface area (Å²) in [5, 5.41) is 2.76. The second-order valence-corrected chi connectivity index (χ2v) is 8.57. The fourth-order valence-corrected chi connectivity index (χ4v) is 3.91. The molecule has 2 amide bonds. The Hall–Kier alpha value is -1.93. The van der Waals surface area contributed by atoms with E-state index in [1.807, 2.05) is 20.8 Å². The van der Waals surface area contributed by atoms with Crippen molar-refractivity contribution in [1.29, 1.82) is 0 Å². The maximum Gasteiger partial charge on any atom is 0.240 e. The minimum atomic E-state index is -3.53. The zero-order chi connectivity index (χ0) is 19.3. The van der Waals surface area contributed by atoms with Crippen LogP contribution < -0.4 is 10.0 Å². The molecule has 26 heavy (non-hydrogen) atoms. The van der Waals surface area contributed by atoms with Gasteiger partial charge in [-0.3, -0.25) is 9.59 Å². The smallest absolute Gasteiger partial charge is 0.240 e. The summed E-state index contributed by atoms with van der Waals surface area (Å²) < 4.78 is 26.8. The first kappa shape index (κ1) is 20.4. The average Bonchev–Trinajstić information content (AvgIpc) is 2.98. The van der Waals surface area contributed by atoms with Gasteiger partial charge in [0.05, 0.1) is 10.8 Å². The van der Waals surface area contributed by atoms with Crippen LogP contribution in [0.25, 0.3) is 0 Å². The Labute approximate surface area is 155 Å². The van der Waals surface area contributed by atoms with Crippen molar-refractivity contribution in [2.24, 2.45) is 5.92 Å². The van der Waals surface area contributed by atoms with Crippen molar-refractivity contribution >= 4 is 27.5 Å². The molecule has 0 unspecified atom stereocenters. The summed E-state index contributed by atoms with van der Waals surface area (Å²) in [5.41, 5.74) is 0.512. The van der Waals surface area contributed by atoms with Crippen LogP contribution in [0.3, 0.4) is 0 Å². The van der Waals surface area contributed by atoms with Crippen molar-refractivity contribution < 1.29 is 18.0 Å². The fraction of sp³-hybridized carbons (Fsp3) is 0.556. The number of hydrogen-bond donors (Lipinski definition) is 2. The lowest BCUT2D eigenvalue weighted by Crippen LogP contribution is -2.33. The number of sulfonamides is 1. The summed E-state index contributed by atoms with van der Waals surface area (Å²) in [6, 6.07) is 6.12. The third-order valence-corrected chi connectivity index (χ3v) is 5.88. The third kappa shape index (κ3) is 5.04. The van der Waals surface area contributed by atoms with Crippen LogP contribution >= 0.6 is 0 Å². The normalized spacial score (nSPS) is 17.8. The highest BCUT2D eigenvalue weighted by Gasteiger charge is 2.35. The van der Waals surface area contributed by atoms with Crippen molar-refractivity contribution in [1.82, 2.24) is 9.62 Å². The Morgan fingerprint density at radius 3 is 2.46 bits per heavy atom. The monoisotopic (exact) mass is 381 g/mol. The Morgan fingerprint density at radius 2 is 1.92 bits per heavy atom. The van der Waals surface area contributed by atoms with Crippen molar-refractivity contribution in [2.75, 3.05) is 18.4 Å². The minimum absolute atomic E-state index is 0.0141. The maximum absolute atomic E-state index is 12.4. The highest BCUT2D eigenvalue weighted by atomic mass is 32.2. The molecule has 0 bridgehead atoms. The zero-order valence-corrected chi connectivity index (χ0v) is 16.3. The molecular weight excluding hydrogens is 354 g/mol. The maximum atomic E-state index is 12.4. The zero-order valence-electron chi connectivity index (χ0n) is 15.5. The molecule has 1 aliphatic rings. The molecule has 1 heterocycles. The van der Waals surface area contributed by atoms with Gasteiger partial charge >= 0.3 is 0 Å². The van der Waals surface area contributed by atoms with Crippen molar-refractivity contribution in [3.05, 3.63) is 24.3 Å². The van der Waals surface area contributed by atoms with E-state index >= 15 is 0 Å². The van der Waals surface area contributed by atoms with Crippen LogP contribution in [0.2, 0.25) is 0 Å². The molecule has 1 atom stereocenters. The standard InChI is InChI=1S/C18H27N3O4S/c1-4-5-10-19-26(24,25)16-8-6-15(7-9-16)20-18(23)14-11-17(22)21(12-14)13(2)3/h6-9,13-14,19H,4-5,10-12H2,1-3H3,(H,20,23)/t14-/m1/s1. The van der Waals surface area contributed by atoms with Gasteiger partial charge in [0.1, 0.15) is 0 Å². The van der Waals surface area contributed by atoms with Crippen LogP contribution in [0.1, 0.15) is 40.0 Å². The van der Waals surface area contributed by atoms with E-state index in [4.69, 9.17) is 0 Å². The van der Waals surface area contributed by atoms with Crippen LogP contribution in [0.5, 0.6) is 0 Å². The molecule has 144 valence electrons. The fourth-order valence-electron chi connectivity index (χ4n) is 2.83. The molecule has 0 spiro atoms. The molecule has 0 saturated carbocycles. The predicted octanol–water partition coefficient (Wildman–Crippen LogP) is 1.96. The highest BCUT2D eigenvalue weighted by Crippen LogP contribution is 2.22. The predicted molar refractivity (Wildman–Crippen MR) is 100 cm³/mol. The van der Waals surface area contributed by atoms with E-state index in [0.717, 1.165) is 12.8 Å². The molecule has 2 rings (SSSR count). The largest absolute Gasteiger partial charge is 0.339 e. The van der Waals surface area contributed by atoms with Gasteiger partial charge in [-0.1, -0.05) is 13.3 Å². The number of carbonyl (C=O) groups excluding carboxylic acids is 2. The number of benzene rings is 1. The molecule has 1 saturated heterocycles. The van der Waals surface area contributed by atoms with Crippen LogP contribution in [-0.4, -0.2) is 44.3 Å². The van der Waals surface area contributed by atoms with Gasteiger partial charge in [-0.15, -0.1) is 0 Å². The van der Waals surface area contributed by atoms with Gasteiger partial charge in [0, 0.05) is 31.2 Å². The van der Waals surface area contributed by atoms with E-state index in [1.165, 1.54) is 12.1 Å². The first-order valence-electron chi connectivity index (χ1n) is 8.94. The van der Waals surface area contributed by atoms with Crippen molar-refractivity contribution in [3.8, 4) is 0 Å². The number of anilines is 1. The van der Waals surface area contributed by atoms with Gasteiger partial charge in [-0.25, -0.2) is 13.1 Å². The summed E-state index contributed by atoms with van der Waals surface area (Å²) in [5.74, 6) is -0.623. The van der Waals surface area contributed by atoms with E-state index in [2.05, 4.69) is 10.0 Å². The second-order valence-electron chi connectivity index (χ2n) is 6.81. The average molecular weight is 381 g/mol. The molecule has 0 aromatic heterocycles. The Balaban J connectivity index is 1.97. The van der Waals surface area contributed by atoms with Crippen molar-refractivity contribution in [2.45, 2.75) is 51.0 Å². The van der Waals surface area contributed by atoms with E-state index in [1.54, 1.807) is 17.0 Å². The summed E-state index contributed by atoms with van der Waals surface area (Å²) in [7, 11) is -3.53. The molecule has 0 aliphatic carbocycles. The number of nitrogens with zero attached hydrogens (tertiary/aromatic N) is 1. The quantitative estimate of drug-likeness (QED) is 0.673. The number of nitrogens with one attached hydrogen (secondary N) is 2. The molecule has 8 heteroatoms. The number of likely N-dealkylation sites (tertiary alicyclic amines) is 1. The Bertz CT molecular complexity index is 744. The number of unbranched alkanes of at least 4 members (excludes halogenated alkanes) is 1. The first-order valence-corrected chi connectivity index (χ1v) is 10.4. The lowest BCUT2D eigenvalue weighted by molar-refractivity contribution is -0.129. The molecule has 1 aromatic carbocycles. The second kappa shape index (κ2) is 8.64. The third-order valence-electron chi connectivity index (χ3n) is 4.41. The molecular formula is C18H27N3O4S. The first-order chi connectivity index (χ1) is 12.2. The van der Waals surface area contributed by atoms with Gasteiger partial charge in [-0.2, -0.15) is 0 Å². The number of hydrogen-bond acceptors (Lipinski definition) is 4. The summed E-state index contributed by atoms with van der Waals surface area (Å²) in [6.07, 6.45) is 1.89. The Morgan fingerprint density at radius 1 is 1.27 bits per heavy atom. The topological polar surface area (TPSA) is 95.6 Å². The van der Waals surface area contributed by atoms with E-state index in [-0.39, 0.29) is 35.1 Å². The number of carbonyl (C=O) groups is 2. The van der Waals surface area contributed by atoms with E-state index in [9.17, 15) is 18.0 Å². The summed E-state index contributed by atoms with van der Waals surface area (Å²) >= 11 is 0. The molecule has 1 aromatic rings. The van der Waals surface area contributed by atoms with E-state index in [0.29, 0.717) is 18.8 Å². The van der Waals surface area contributed by atoms with E-state index < -0.39 is 10.0 Å². The Kier molecular flexibility index (Phi) is 6.77. The van der Waals surface area contributed by atoms with Crippen LogP contribution in [-0.2, 0) is 19.6 Å². The molecule has 0 radical (unpaired) electrons. The SMILES string of the molecule is CCCCNS(=O)(=O)c1ccc(NC(=O)[C@@H]2CC(=O)N(C(C)C)C2)cc1. The molecule has 7 nitrogen and oxygen atoms in total. The highest BCUT2D eigenvalue weighted by molar-refractivity contribution is 7.89. The van der Waals surface area contributed by atoms with Gasteiger partial charge in [0.2, 0.25) is 21.8 Å². The van der Waals surface area contributed by atoms with Crippen LogP contribution in [0.4, 0.5) is 5.69 Å².